The molecule has 0 bridgehead atoms. The molecule has 6 nitrogen and oxygen atoms in total. The average Bonchev–Trinajstić information content (AvgIpc) is 2.57. The Hall–Kier alpha value is -1.59. The lowest BCUT2D eigenvalue weighted by molar-refractivity contribution is -0.149. The van der Waals surface area contributed by atoms with Crippen LogP contribution in [0.1, 0.15) is 40.5 Å². The van der Waals surface area contributed by atoms with E-state index in [9.17, 15) is 9.59 Å². The van der Waals surface area contributed by atoms with Gasteiger partial charge in [-0.25, -0.2) is 10.2 Å². The SMILES string of the molecule is COC(=O)[C@@H]1CC[C@@](C)(/C(C)=N/NC(N)=O)C1(C)C. The number of urea groups is 1. The smallest absolute Gasteiger partial charge is 0.332 e. The molecule has 0 aliphatic heterocycles. The Balaban J connectivity index is 3.03. The van der Waals surface area contributed by atoms with Crippen LogP contribution < -0.4 is 11.2 Å². The van der Waals surface area contributed by atoms with Gasteiger partial charge in [0.15, 0.2) is 0 Å². The minimum Gasteiger partial charge on any atom is -0.469 e. The third-order valence-electron chi connectivity index (χ3n) is 4.84. The number of carbonyl (C=O) groups is 2. The predicted octanol–water partition coefficient (Wildman–Crippen LogP) is 1.65. The van der Waals surface area contributed by atoms with Gasteiger partial charge in [0, 0.05) is 11.1 Å². The Bertz CT molecular complexity index is 417. The summed E-state index contributed by atoms with van der Waals surface area (Å²) in [4.78, 5) is 22.6. The van der Waals surface area contributed by atoms with Crippen molar-refractivity contribution in [1.29, 1.82) is 0 Å². The Morgan fingerprint density at radius 2 is 1.95 bits per heavy atom. The van der Waals surface area contributed by atoms with Crippen LogP contribution in [-0.4, -0.2) is 24.8 Å². The number of carbonyl (C=O) groups excluding carboxylic acids is 2. The molecule has 1 fully saturated rings. The molecular formula is C13H23N3O3. The summed E-state index contributed by atoms with van der Waals surface area (Å²) in [5.74, 6) is -0.356. The number of ether oxygens (including phenoxy) is 1. The Morgan fingerprint density at radius 3 is 2.42 bits per heavy atom. The van der Waals surface area contributed by atoms with Crippen LogP contribution in [0.15, 0.2) is 5.10 Å². The minimum absolute atomic E-state index is 0.166. The first-order valence-electron chi connectivity index (χ1n) is 6.35. The normalized spacial score (nSPS) is 29.9. The molecule has 0 spiro atoms. The fourth-order valence-electron chi connectivity index (χ4n) is 2.96. The molecule has 0 aromatic carbocycles. The molecule has 2 amide bonds. The van der Waals surface area contributed by atoms with Crippen molar-refractivity contribution in [3.8, 4) is 0 Å². The summed E-state index contributed by atoms with van der Waals surface area (Å²) >= 11 is 0. The van der Waals surface area contributed by atoms with Crippen molar-refractivity contribution in [2.75, 3.05) is 7.11 Å². The molecule has 1 aliphatic rings. The predicted molar refractivity (Wildman–Crippen MR) is 72.5 cm³/mol. The van der Waals surface area contributed by atoms with E-state index in [1.807, 2.05) is 20.8 Å². The standard InChI is InChI=1S/C13H23N3O3/c1-8(15-16-11(14)18)13(4)7-6-9(10(17)19-5)12(13,2)3/h9H,6-7H2,1-5H3,(H3,14,16,18)/b15-8+/t9-,13-/m0/s1. The van der Waals surface area contributed by atoms with Gasteiger partial charge in [0.2, 0.25) is 0 Å². The van der Waals surface area contributed by atoms with Crippen LogP contribution in [0.5, 0.6) is 0 Å². The topological polar surface area (TPSA) is 93.8 Å². The molecule has 2 atom stereocenters. The van der Waals surface area contributed by atoms with Gasteiger partial charge in [0.05, 0.1) is 13.0 Å². The average molecular weight is 269 g/mol. The molecule has 1 aliphatic carbocycles. The zero-order valence-electron chi connectivity index (χ0n) is 12.2. The highest BCUT2D eigenvalue weighted by Crippen LogP contribution is 2.56. The van der Waals surface area contributed by atoms with Crippen molar-refractivity contribution < 1.29 is 14.3 Å². The highest BCUT2D eigenvalue weighted by atomic mass is 16.5. The molecule has 3 N–H and O–H groups in total. The Morgan fingerprint density at radius 1 is 1.37 bits per heavy atom. The number of nitrogens with one attached hydrogen (secondary N) is 1. The molecule has 0 aromatic heterocycles. The molecule has 108 valence electrons. The van der Waals surface area contributed by atoms with E-state index in [1.165, 1.54) is 7.11 Å². The maximum Gasteiger partial charge on any atom is 0.332 e. The van der Waals surface area contributed by atoms with Crippen LogP contribution in [0, 0.1) is 16.7 Å². The third-order valence-corrected chi connectivity index (χ3v) is 4.84. The number of hydrazone groups is 1. The van der Waals surface area contributed by atoms with Crippen molar-refractivity contribution in [3.05, 3.63) is 0 Å². The molecule has 0 heterocycles. The van der Waals surface area contributed by atoms with Crippen LogP contribution in [-0.2, 0) is 9.53 Å². The molecule has 0 saturated heterocycles. The highest BCUT2D eigenvalue weighted by Gasteiger charge is 2.56. The first kappa shape index (κ1) is 15.5. The summed E-state index contributed by atoms with van der Waals surface area (Å²) in [5, 5.41) is 4.03. The van der Waals surface area contributed by atoms with Crippen molar-refractivity contribution in [3.63, 3.8) is 0 Å². The number of nitrogens with zero attached hydrogens (tertiary/aromatic N) is 1. The first-order valence-corrected chi connectivity index (χ1v) is 6.35. The van der Waals surface area contributed by atoms with Gasteiger partial charge in [-0.1, -0.05) is 20.8 Å². The lowest BCUT2D eigenvalue weighted by Crippen LogP contribution is -2.43. The molecule has 0 aromatic rings. The van der Waals surface area contributed by atoms with Crippen LogP contribution in [0.25, 0.3) is 0 Å². The van der Waals surface area contributed by atoms with Crippen LogP contribution in [0.3, 0.4) is 0 Å². The fraction of sp³-hybridized carbons (Fsp3) is 0.769. The third kappa shape index (κ3) is 2.57. The second-order valence-corrected chi connectivity index (χ2v) is 5.84. The highest BCUT2D eigenvalue weighted by molar-refractivity contribution is 5.91. The number of hydrogen-bond acceptors (Lipinski definition) is 4. The fourth-order valence-corrected chi connectivity index (χ4v) is 2.96. The number of amides is 2. The van der Waals surface area contributed by atoms with Crippen LogP contribution in [0.4, 0.5) is 4.79 Å². The number of nitrogens with two attached hydrogens (primary N) is 1. The van der Waals surface area contributed by atoms with Gasteiger partial charge in [-0.15, -0.1) is 0 Å². The van der Waals surface area contributed by atoms with E-state index < -0.39 is 6.03 Å². The molecular weight excluding hydrogens is 246 g/mol. The zero-order valence-corrected chi connectivity index (χ0v) is 12.2. The summed E-state index contributed by atoms with van der Waals surface area (Å²) in [6.07, 6.45) is 1.56. The van der Waals surface area contributed by atoms with Gasteiger partial charge in [0.1, 0.15) is 0 Å². The lowest BCUT2D eigenvalue weighted by atomic mass is 9.63. The number of rotatable bonds is 3. The van der Waals surface area contributed by atoms with Gasteiger partial charge in [0.25, 0.3) is 0 Å². The quantitative estimate of drug-likeness (QED) is 0.463. The second kappa shape index (κ2) is 5.19. The molecule has 0 radical (unpaired) electrons. The summed E-state index contributed by atoms with van der Waals surface area (Å²) in [6.45, 7) is 7.96. The number of esters is 1. The van der Waals surface area contributed by atoms with Crippen molar-refractivity contribution in [1.82, 2.24) is 5.43 Å². The summed E-state index contributed by atoms with van der Waals surface area (Å²) in [7, 11) is 1.41. The van der Waals surface area contributed by atoms with Gasteiger partial charge in [-0.05, 0) is 25.2 Å². The zero-order chi connectivity index (χ0) is 14.8. The van der Waals surface area contributed by atoms with Gasteiger partial charge >= 0.3 is 12.0 Å². The summed E-state index contributed by atoms with van der Waals surface area (Å²) in [6, 6.07) is -0.691. The summed E-state index contributed by atoms with van der Waals surface area (Å²) in [5.41, 5.74) is 7.45. The molecule has 1 saturated carbocycles. The monoisotopic (exact) mass is 269 g/mol. The maximum atomic E-state index is 11.9. The van der Waals surface area contributed by atoms with Crippen molar-refractivity contribution in [2.45, 2.75) is 40.5 Å². The number of primary amides is 1. The number of methoxy groups -OCH3 is 1. The van der Waals surface area contributed by atoms with E-state index >= 15 is 0 Å². The second-order valence-electron chi connectivity index (χ2n) is 5.84. The van der Waals surface area contributed by atoms with E-state index in [0.717, 1.165) is 18.6 Å². The van der Waals surface area contributed by atoms with Crippen molar-refractivity contribution in [2.24, 2.45) is 27.6 Å². The van der Waals surface area contributed by atoms with E-state index in [4.69, 9.17) is 10.5 Å². The van der Waals surface area contributed by atoms with E-state index in [0.29, 0.717) is 0 Å². The van der Waals surface area contributed by atoms with E-state index in [2.05, 4.69) is 17.5 Å². The first-order chi connectivity index (χ1) is 8.66. The lowest BCUT2D eigenvalue weighted by Gasteiger charge is -2.40. The molecule has 0 unspecified atom stereocenters. The largest absolute Gasteiger partial charge is 0.469 e. The molecule has 1 rings (SSSR count). The molecule has 19 heavy (non-hydrogen) atoms. The Kier molecular flexibility index (Phi) is 4.22. The Labute approximate surface area is 113 Å². The summed E-state index contributed by atoms with van der Waals surface area (Å²) < 4.78 is 4.87. The minimum atomic E-state index is -0.691. The number of hydrogen-bond donors (Lipinski definition) is 2. The molecule has 6 heteroatoms. The van der Waals surface area contributed by atoms with Crippen LogP contribution >= 0.6 is 0 Å². The van der Waals surface area contributed by atoms with Gasteiger partial charge in [-0.2, -0.15) is 5.10 Å². The van der Waals surface area contributed by atoms with E-state index in [1.54, 1.807) is 0 Å². The van der Waals surface area contributed by atoms with Crippen molar-refractivity contribution >= 4 is 17.7 Å². The van der Waals surface area contributed by atoms with Crippen LogP contribution in [0.2, 0.25) is 0 Å². The maximum absolute atomic E-state index is 11.9. The van der Waals surface area contributed by atoms with E-state index in [-0.39, 0.29) is 22.7 Å². The van der Waals surface area contributed by atoms with Gasteiger partial charge in [-0.3, -0.25) is 4.79 Å². The van der Waals surface area contributed by atoms with Gasteiger partial charge < -0.3 is 10.5 Å².